The van der Waals surface area contributed by atoms with E-state index in [0.29, 0.717) is 0 Å². The molecule has 0 unspecified atom stereocenters. The molecule has 1 saturated heterocycles. The molecule has 0 saturated carbocycles. The van der Waals surface area contributed by atoms with Crippen LogP contribution in [0.4, 0.5) is 0 Å². The van der Waals surface area contributed by atoms with Gasteiger partial charge in [-0.25, -0.2) is 0 Å². The molecule has 0 N–H and O–H groups in total. The zero-order valence-corrected chi connectivity index (χ0v) is 6.84. The van der Waals surface area contributed by atoms with E-state index in [0.717, 1.165) is 0 Å². The highest BCUT2D eigenvalue weighted by Crippen LogP contribution is 2.30. The first-order valence-electron chi connectivity index (χ1n) is 3.75. The van der Waals surface area contributed by atoms with E-state index in [9.17, 15) is 0 Å². The lowest BCUT2D eigenvalue weighted by Crippen LogP contribution is -1.67. The maximum atomic E-state index is 2.40. The molecule has 9 heavy (non-hydrogen) atoms. The molecule has 1 rings (SSSR count). The second-order valence-corrected chi connectivity index (χ2v) is 3.63. The molecular formula is C8H14S. The monoisotopic (exact) mass is 142 g/mol. The number of hydrogen-bond donors (Lipinski definition) is 0. The summed E-state index contributed by atoms with van der Waals surface area (Å²) in [6.45, 7) is 2.23. The highest BCUT2D eigenvalue weighted by molar-refractivity contribution is 8.03. The Morgan fingerprint density at radius 2 is 2.56 bits per heavy atom. The summed E-state index contributed by atoms with van der Waals surface area (Å²) in [5.74, 6) is 1.36. The molecule has 0 aromatic heterocycles. The van der Waals surface area contributed by atoms with Crippen molar-refractivity contribution in [1.82, 2.24) is 0 Å². The van der Waals surface area contributed by atoms with Crippen LogP contribution in [0.5, 0.6) is 0 Å². The van der Waals surface area contributed by atoms with Gasteiger partial charge in [-0.2, -0.15) is 0 Å². The number of rotatable bonds is 2. The molecule has 0 radical (unpaired) electrons. The molecule has 1 heteroatoms. The number of hydrogen-bond acceptors (Lipinski definition) is 1. The van der Waals surface area contributed by atoms with E-state index in [1.807, 2.05) is 11.8 Å². The normalized spacial score (nSPS) is 23.4. The number of allylic oxidation sites excluding steroid dienone is 2. The van der Waals surface area contributed by atoms with Gasteiger partial charge in [0.05, 0.1) is 0 Å². The highest BCUT2D eigenvalue weighted by Gasteiger charge is 2.04. The van der Waals surface area contributed by atoms with Gasteiger partial charge in [0, 0.05) is 0 Å². The van der Waals surface area contributed by atoms with Gasteiger partial charge in [0.2, 0.25) is 0 Å². The molecule has 1 aliphatic heterocycles. The highest BCUT2D eigenvalue weighted by atomic mass is 32.2. The van der Waals surface area contributed by atoms with Crippen LogP contribution in [0.1, 0.15) is 32.6 Å². The predicted octanol–water partition coefficient (Wildman–Crippen LogP) is 3.20. The topological polar surface area (TPSA) is 0 Å². The second kappa shape index (κ2) is 3.99. The maximum Gasteiger partial charge on any atom is -0.00200 e. The van der Waals surface area contributed by atoms with Crippen molar-refractivity contribution in [3.8, 4) is 0 Å². The SMILES string of the molecule is CCC/C=C1/CCCS1. The molecule has 1 heterocycles. The average molecular weight is 142 g/mol. The predicted molar refractivity (Wildman–Crippen MR) is 44.7 cm³/mol. The first-order chi connectivity index (χ1) is 4.43. The molecule has 0 bridgehead atoms. The van der Waals surface area contributed by atoms with Gasteiger partial charge < -0.3 is 0 Å². The maximum absolute atomic E-state index is 2.40. The summed E-state index contributed by atoms with van der Waals surface area (Å²) in [6.07, 6.45) is 7.73. The Hall–Kier alpha value is 0.0900. The number of unbranched alkanes of at least 4 members (excludes halogenated alkanes) is 1. The lowest BCUT2D eigenvalue weighted by atomic mass is 10.2. The standard InChI is InChI=1S/C8H14S/c1-2-3-5-8-6-4-7-9-8/h5H,2-4,6-7H2,1H3/b8-5-. The van der Waals surface area contributed by atoms with Gasteiger partial charge in [0.15, 0.2) is 0 Å². The largest absolute Gasteiger partial charge is 0.131 e. The van der Waals surface area contributed by atoms with Crippen molar-refractivity contribution in [1.29, 1.82) is 0 Å². The molecule has 1 fully saturated rings. The third kappa shape index (κ3) is 2.44. The molecule has 0 aliphatic carbocycles. The smallest absolute Gasteiger partial charge is 0.00200 e. The lowest BCUT2D eigenvalue weighted by molar-refractivity contribution is 0.934. The van der Waals surface area contributed by atoms with Crippen LogP contribution < -0.4 is 0 Å². The van der Waals surface area contributed by atoms with Gasteiger partial charge >= 0.3 is 0 Å². The van der Waals surface area contributed by atoms with Crippen molar-refractivity contribution < 1.29 is 0 Å². The summed E-state index contributed by atoms with van der Waals surface area (Å²) in [7, 11) is 0. The summed E-state index contributed by atoms with van der Waals surface area (Å²) in [4.78, 5) is 1.64. The van der Waals surface area contributed by atoms with Gasteiger partial charge in [0.1, 0.15) is 0 Å². The Labute approximate surface area is 61.7 Å². The Morgan fingerprint density at radius 1 is 1.67 bits per heavy atom. The van der Waals surface area contributed by atoms with Gasteiger partial charge in [-0.15, -0.1) is 11.8 Å². The van der Waals surface area contributed by atoms with E-state index in [4.69, 9.17) is 0 Å². The minimum atomic E-state index is 1.28. The zero-order chi connectivity index (χ0) is 6.53. The van der Waals surface area contributed by atoms with E-state index in [2.05, 4.69) is 13.0 Å². The summed E-state index contributed by atoms with van der Waals surface area (Å²) in [5.41, 5.74) is 0. The van der Waals surface area contributed by atoms with Crippen molar-refractivity contribution in [3.05, 3.63) is 11.0 Å². The fourth-order valence-electron chi connectivity index (χ4n) is 0.988. The molecule has 52 valence electrons. The van der Waals surface area contributed by atoms with Crippen molar-refractivity contribution in [3.63, 3.8) is 0 Å². The Kier molecular flexibility index (Phi) is 3.20. The van der Waals surface area contributed by atoms with Gasteiger partial charge in [-0.3, -0.25) is 0 Å². The fraction of sp³-hybridized carbons (Fsp3) is 0.750. The van der Waals surface area contributed by atoms with Crippen molar-refractivity contribution in [2.24, 2.45) is 0 Å². The minimum absolute atomic E-state index is 1.28. The van der Waals surface area contributed by atoms with Crippen molar-refractivity contribution in [2.45, 2.75) is 32.6 Å². The van der Waals surface area contributed by atoms with Gasteiger partial charge in [0.25, 0.3) is 0 Å². The molecule has 0 nitrogen and oxygen atoms in total. The Bertz CT molecular complexity index is 97.1. The molecule has 1 aliphatic rings. The summed E-state index contributed by atoms with van der Waals surface area (Å²) in [6, 6.07) is 0. The third-order valence-corrected chi connectivity index (χ3v) is 2.75. The van der Waals surface area contributed by atoms with Crippen LogP contribution in [0.3, 0.4) is 0 Å². The van der Waals surface area contributed by atoms with Gasteiger partial charge in [-0.1, -0.05) is 19.4 Å². The lowest BCUT2D eigenvalue weighted by Gasteiger charge is -1.91. The van der Waals surface area contributed by atoms with E-state index < -0.39 is 0 Å². The molecule has 0 aromatic carbocycles. The molecule has 0 atom stereocenters. The molecule has 0 aromatic rings. The van der Waals surface area contributed by atoms with E-state index in [1.165, 1.54) is 31.4 Å². The molecule has 0 amide bonds. The Morgan fingerprint density at radius 3 is 3.11 bits per heavy atom. The van der Waals surface area contributed by atoms with Crippen molar-refractivity contribution in [2.75, 3.05) is 5.75 Å². The molecular weight excluding hydrogens is 128 g/mol. The van der Waals surface area contributed by atoms with Crippen molar-refractivity contribution >= 4 is 11.8 Å². The fourth-order valence-corrected chi connectivity index (χ4v) is 2.06. The van der Waals surface area contributed by atoms with E-state index >= 15 is 0 Å². The van der Waals surface area contributed by atoms with E-state index in [1.54, 1.807) is 4.91 Å². The summed E-state index contributed by atoms with van der Waals surface area (Å²) >= 11 is 2.04. The summed E-state index contributed by atoms with van der Waals surface area (Å²) in [5, 5.41) is 0. The quantitative estimate of drug-likeness (QED) is 0.570. The Balaban J connectivity index is 2.22. The van der Waals surface area contributed by atoms with Crippen LogP contribution in [-0.2, 0) is 0 Å². The summed E-state index contributed by atoms with van der Waals surface area (Å²) < 4.78 is 0. The second-order valence-electron chi connectivity index (χ2n) is 2.41. The van der Waals surface area contributed by atoms with Crippen LogP contribution in [0.2, 0.25) is 0 Å². The van der Waals surface area contributed by atoms with Crippen LogP contribution in [0, 0.1) is 0 Å². The van der Waals surface area contributed by atoms with Crippen LogP contribution in [0.15, 0.2) is 11.0 Å². The zero-order valence-electron chi connectivity index (χ0n) is 6.02. The van der Waals surface area contributed by atoms with E-state index in [-0.39, 0.29) is 0 Å². The van der Waals surface area contributed by atoms with Crippen LogP contribution >= 0.6 is 11.8 Å². The average Bonchev–Trinajstić information content (AvgIpc) is 2.34. The molecule has 0 spiro atoms. The minimum Gasteiger partial charge on any atom is -0.131 e. The van der Waals surface area contributed by atoms with Gasteiger partial charge in [-0.05, 0) is 29.9 Å². The third-order valence-electron chi connectivity index (χ3n) is 1.52. The first-order valence-corrected chi connectivity index (χ1v) is 4.74. The first kappa shape index (κ1) is 7.20. The van der Waals surface area contributed by atoms with Crippen LogP contribution in [-0.4, -0.2) is 5.75 Å². The van der Waals surface area contributed by atoms with Crippen LogP contribution in [0.25, 0.3) is 0 Å². The number of thioether (sulfide) groups is 1.